The number of carbonyl (C=O) groups is 1. The van der Waals surface area contributed by atoms with Crippen LogP contribution >= 0.6 is 0 Å². The van der Waals surface area contributed by atoms with E-state index >= 15 is 0 Å². The first-order valence-corrected chi connectivity index (χ1v) is 9.48. The standard InChI is InChI=1S/C24H20N2O2/c1-16-11-13-18(14-12-16)23(27)24-26-21(19-9-5-6-10-22(19)28-24)15-20(25-26)17-7-3-2-4-8-17/h2-14,21,24H,15H2,1H3/t21-,24-/m1/s1. The lowest BCUT2D eigenvalue weighted by Crippen LogP contribution is -2.45. The normalized spacial score (nSPS) is 20.0. The van der Waals surface area contributed by atoms with Crippen molar-refractivity contribution in [2.24, 2.45) is 5.10 Å². The number of para-hydroxylation sites is 1. The maximum Gasteiger partial charge on any atom is 0.251 e. The number of ether oxygens (including phenoxy) is 1. The third-order valence-electron chi connectivity index (χ3n) is 5.37. The molecule has 138 valence electrons. The Balaban J connectivity index is 1.56. The molecule has 0 fully saturated rings. The molecule has 5 rings (SSSR count). The lowest BCUT2D eigenvalue weighted by Gasteiger charge is -2.37. The molecule has 3 aromatic rings. The molecular formula is C24H20N2O2. The van der Waals surface area contributed by atoms with Crippen LogP contribution in [0.3, 0.4) is 0 Å². The van der Waals surface area contributed by atoms with E-state index in [-0.39, 0.29) is 11.8 Å². The highest BCUT2D eigenvalue weighted by atomic mass is 16.5. The number of benzene rings is 3. The molecule has 4 heteroatoms. The highest BCUT2D eigenvalue weighted by molar-refractivity contribution is 6.03. The molecule has 28 heavy (non-hydrogen) atoms. The molecule has 0 radical (unpaired) electrons. The molecule has 4 nitrogen and oxygen atoms in total. The van der Waals surface area contributed by atoms with Crippen molar-refractivity contribution >= 4 is 11.5 Å². The summed E-state index contributed by atoms with van der Waals surface area (Å²) in [7, 11) is 0. The first kappa shape index (κ1) is 16.8. The lowest BCUT2D eigenvalue weighted by molar-refractivity contribution is -0.00455. The summed E-state index contributed by atoms with van der Waals surface area (Å²) in [6.45, 7) is 2.01. The number of hydrogen-bond donors (Lipinski definition) is 0. The molecule has 3 aromatic carbocycles. The van der Waals surface area contributed by atoms with Crippen LogP contribution in [0, 0.1) is 6.92 Å². The van der Waals surface area contributed by atoms with E-state index in [9.17, 15) is 4.79 Å². The van der Waals surface area contributed by atoms with Crippen molar-refractivity contribution < 1.29 is 9.53 Å². The zero-order valence-electron chi connectivity index (χ0n) is 15.6. The Hall–Kier alpha value is -3.40. The van der Waals surface area contributed by atoms with E-state index in [0.717, 1.165) is 34.6 Å². The molecule has 0 saturated carbocycles. The Kier molecular flexibility index (Phi) is 3.97. The van der Waals surface area contributed by atoms with Crippen molar-refractivity contribution in [1.29, 1.82) is 0 Å². The van der Waals surface area contributed by atoms with Crippen LogP contribution in [0.25, 0.3) is 0 Å². The molecule has 0 unspecified atom stereocenters. The first-order valence-electron chi connectivity index (χ1n) is 9.48. The maximum absolute atomic E-state index is 13.3. The summed E-state index contributed by atoms with van der Waals surface area (Å²) in [6, 6.07) is 25.7. The Morgan fingerprint density at radius 1 is 0.964 bits per heavy atom. The second-order valence-corrected chi connectivity index (χ2v) is 7.25. The van der Waals surface area contributed by atoms with Gasteiger partial charge in [0.15, 0.2) is 0 Å². The molecule has 2 aliphatic heterocycles. The number of ketones is 1. The summed E-state index contributed by atoms with van der Waals surface area (Å²) >= 11 is 0. The van der Waals surface area contributed by atoms with E-state index in [2.05, 4.69) is 18.2 Å². The average molecular weight is 368 g/mol. The number of Topliss-reactive ketones (excluding diaryl/α,β-unsaturated/α-hetero) is 1. The van der Waals surface area contributed by atoms with Crippen LogP contribution in [0.4, 0.5) is 0 Å². The minimum atomic E-state index is -0.760. The molecule has 2 aliphatic rings. The van der Waals surface area contributed by atoms with Crippen LogP contribution in [0.15, 0.2) is 84.0 Å². The van der Waals surface area contributed by atoms with Crippen molar-refractivity contribution in [3.63, 3.8) is 0 Å². The van der Waals surface area contributed by atoms with Crippen molar-refractivity contribution in [1.82, 2.24) is 5.01 Å². The highest BCUT2D eigenvalue weighted by Gasteiger charge is 2.43. The smallest absolute Gasteiger partial charge is 0.251 e. The number of hydrogen-bond acceptors (Lipinski definition) is 4. The molecule has 0 saturated heterocycles. The van der Waals surface area contributed by atoms with Crippen LogP contribution in [0.2, 0.25) is 0 Å². The fourth-order valence-electron chi connectivity index (χ4n) is 3.87. The van der Waals surface area contributed by atoms with Gasteiger partial charge in [0.25, 0.3) is 6.23 Å². The summed E-state index contributed by atoms with van der Waals surface area (Å²) in [5, 5.41) is 6.67. The number of carbonyl (C=O) groups excluding carboxylic acids is 1. The molecule has 0 amide bonds. The topological polar surface area (TPSA) is 41.9 Å². The van der Waals surface area contributed by atoms with Crippen LogP contribution < -0.4 is 4.74 Å². The third kappa shape index (κ3) is 2.78. The Bertz CT molecular complexity index is 1060. The van der Waals surface area contributed by atoms with Gasteiger partial charge >= 0.3 is 0 Å². The van der Waals surface area contributed by atoms with Gasteiger partial charge in [0.05, 0.1) is 11.8 Å². The summed E-state index contributed by atoms with van der Waals surface area (Å²) in [6.07, 6.45) is -0.00831. The number of fused-ring (bicyclic) bond motifs is 3. The SMILES string of the molecule is Cc1ccc(C(=O)[C@H]2Oc3ccccc3[C@H]3CC(c4ccccc4)=NN23)cc1. The monoisotopic (exact) mass is 368 g/mol. The van der Waals surface area contributed by atoms with Gasteiger partial charge in [-0.05, 0) is 18.6 Å². The van der Waals surface area contributed by atoms with Gasteiger partial charge in [0.1, 0.15) is 5.75 Å². The van der Waals surface area contributed by atoms with E-state index in [4.69, 9.17) is 9.84 Å². The Morgan fingerprint density at radius 3 is 2.46 bits per heavy atom. The summed E-state index contributed by atoms with van der Waals surface area (Å²) in [4.78, 5) is 13.3. The van der Waals surface area contributed by atoms with E-state index in [1.807, 2.05) is 72.6 Å². The summed E-state index contributed by atoms with van der Waals surface area (Å²) < 4.78 is 6.15. The minimum Gasteiger partial charge on any atom is -0.461 e. The zero-order chi connectivity index (χ0) is 19.1. The maximum atomic E-state index is 13.3. The average Bonchev–Trinajstić information content (AvgIpc) is 3.20. The van der Waals surface area contributed by atoms with Crippen LogP contribution in [0.5, 0.6) is 5.75 Å². The van der Waals surface area contributed by atoms with Crippen LogP contribution in [0.1, 0.15) is 39.5 Å². The lowest BCUT2D eigenvalue weighted by atomic mass is 9.96. The van der Waals surface area contributed by atoms with Crippen molar-refractivity contribution in [3.05, 3.63) is 101 Å². The van der Waals surface area contributed by atoms with Crippen molar-refractivity contribution in [3.8, 4) is 5.75 Å². The Morgan fingerprint density at radius 2 is 1.68 bits per heavy atom. The van der Waals surface area contributed by atoms with E-state index < -0.39 is 6.23 Å². The molecule has 0 aromatic heterocycles. The molecule has 0 bridgehead atoms. The zero-order valence-corrected chi connectivity index (χ0v) is 15.6. The van der Waals surface area contributed by atoms with Crippen molar-refractivity contribution in [2.75, 3.05) is 0 Å². The number of nitrogens with zero attached hydrogens (tertiary/aromatic N) is 2. The molecule has 0 N–H and O–H groups in total. The summed E-state index contributed by atoms with van der Waals surface area (Å²) in [5.74, 6) is 0.691. The fourth-order valence-corrected chi connectivity index (χ4v) is 3.87. The van der Waals surface area contributed by atoms with Crippen molar-refractivity contribution in [2.45, 2.75) is 25.6 Å². The van der Waals surface area contributed by atoms with Crippen LogP contribution in [-0.2, 0) is 0 Å². The van der Waals surface area contributed by atoms with Gasteiger partial charge in [0, 0.05) is 17.5 Å². The highest BCUT2D eigenvalue weighted by Crippen LogP contribution is 2.43. The van der Waals surface area contributed by atoms with Gasteiger partial charge in [-0.3, -0.25) is 4.79 Å². The van der Waals surface area contributed by atoms with Gasteiger partial charge in [-0.15, -0.1) is 0 Å². The third-order valence-corrected chi connectivity index (χ3v) is 5.37. The van der Waals surface area contributed by atoms with Gasteiger partial charge in [0.2, 0.25) is 5.78 Å². The van der Waals surface area contributed by atoms with Gasteiger partial charge in [-0.1, -0.05) is 78.4 Å². The minimum absolute atomic E-state index is 0.000413. The van der Waals surface area contributed by atoms with Gasteiger partial charge in [-0.25, -0.2) is 5.01 Å². The molecule has 0 aliphatic carbocycles. The van der Waals surface area contributed by atoms with Gasteiger partial charge in [-0.2, -0.15) is 5.10 Å². The fraction of sp³-hybridized carbons (Fsp3) is 0.167. The van der Waals surface area contributed by atoms with Gasteiger partial charge < -0.3 is 4.74 Å². The molecule has 2 heterocycles. The van der Waals surface area contributed by atoms with E-state index in [0.29, 0.717) is 5.56 Å². The van der Waals surface area contributed by atoms with Crippen LogP contribution in [-0.4, -0.2) is 22.7 Å². The largest absolute Gasteiger partial charge is 0.461 e. The number of rotatable bonds is 3. The second-order valence-electron chi connectivity index (χ2n) is 7.25. The molecular weight excluding hydrogens is 348 g/mol. The Labute approximate surface area is 164 Å². The predicted octanol–water partition coefficient (Wildman–Crippen LogP) is 4.75. The first-order chi connectivity index (χ1) is 13.7. The number of hydrazone groups is 1. The second kappa shape index (κ2) is 6.64. The summed E-state index contributed by atoms with van der Waals surface area (Å²) in [5.41, 5.74) is 4.89. The number of aryl methyl sites for hydroxylation is 1. The quantitative estimate of drug-likeness (QED) is 0.627. The van der Waals surface area contributed by atoms with E-state index in [1.165, 1.54) is 0 Å². The predicted molar refractivity (Wildman–Crippen MR) is 109 cm³/mol. The molecule has 0 spiro atoms. The molecule has 2 atom stereocenters. The van der Waals surface area contributed by atoms with E-state index in [1.54, 1.807) is 0 Å².